The molecule has 0 aromatic heterocycles. The number of likely N-dealkylation sites (N-methyl/N-ethyl adjacent to an activating group) is 2. The van der Waals surface area contributed by atoms with Gasteiger partial charge in [-0.2, -0.15) is 0 Å². The average molecular weight is 311 g/mol. The van der Waals surface area contributed by atoms with Gasteiger partial charge >= 0.3 is 0 Å². The lowest BCUT2D eigenvalue weighted by Crippen LogP contribution is -2.50. The molecule has 1 rings (SSSR count). The molecule has 0 bridgehead atoms. The van der Waals surface area contributed by atoms with Crippen molar-refractivity contribution in [2.24, 2.45) is 11.3 Å². The molecule has 1 atom stereocenters. The molecule has 6 heteroatoms. The number of rotatable bonds is 3. The summed E-state index contributed by atoms with van der Waals surface area (Å²) < 4.78 is 0. The molecule has 1 heterocycles. The first-order chi connectivity index (χ1) is 10.0. The van der Waals surface area contributed by atoms with Gasteiger partial charge in [-0.1, -0.05) is 20.8 Å². The molecule has 22 heavy (non-hydrogen) atoms. The van der Waals surface area contributed by atoms with Crippen molar-refractivity contribution in [3.05, 3.63) is 0 Å². The summed E-state index contributed by atoms with van der Waals surface area (Å²) in [5.41, 5.74) is -0.433. The molecule has 3 amide bonds. The summed E-state index contributed by atoms with van der Waals surface area (Å²) in [6.07, 6.45) is 1.60. The molecular formula is C16H29N3O3. The second-order valence-electron chi connectivity index (χ2n) is 7.32. The first-order valence-electron chi connectivity index (χ1n) is 7.78. The minimum absolute atomic E-state index is 0.0541. The Morgan fingerprint density at radius 1 is 1.14 bits per heavy atom. The Hall–Kier alpha value is -1.59. The number of nitrogens with zero attached hydrogens (tertiary/aromatic N) is 3. The third-order valence-corrected chi connectivity index (χ3v) is 3.95. The van der Waals surface area contributed by atoms with Crippen LogP contribution < -0.4 is 0 Å². The van der Waals surface area contributed by atoms with E-state index in [1.807, 2.05) is 20.8 Å². The Morgan fingerprint density at radius 3 is 2.23 bits per heavy atom. The molecule has 0 saturated carbocycles. The van der Waals surface area contributed by atoms with Crippen LogP contribution in [0.1, 0.15) is 33.6 Å². The van der Waals surface area contributed by atoms with E-state index in [0.717, 1.165) is 12.8 Å². The Bertz CT molecular complexity index is 440. The smallest absolute Gasteiger partial charge is 0.241 e. The molecule has 0 N–H and O–H groups in total. The number of amides is 3. The zero-order valence-electron chi connectivity index (χ0n) is 14.7. The minimum Gasteiger partial charge on any atom is -0.347 e. The molecule has 1 fully saturated rings. The summed E-state index contributed by atoms with van der Waals surface area (Å²) in [6.45, 7) is 6.92. The van der Waals surface area contributed by atoms with Crippen molar-refractivity contribution < 1.29 is 14.4 Å². The minimum atomic E-state index is -0.433. The zero-order chi connectivity index (χ0) is 17.1. The normalized spacial score (nSPS) is 18.8. The highest BCUT2D eigenvalue weighted by atomic mass is 16.2. The first-order valence-corrected chi connectivity index (χ1v) is 7.78. The molecule has 6 nitrogen and oxygen atoms in total. The summed E-state index contributed by atoms with van der Waals surface area (Å²) in [5.74, 6) is -0.284. The van der Waals surface area contributed by atoms with Crippen molar-refractivity contribution in [3.8, 4) is 0 Å². The second-order valence-corrected chi connectivity index (χ2v) is 7.32. The van der Waals surface area contributed by atoms with Gasteiger partial charge in [0.1, 0.15) is 0 Å². The SMILES string of the molecule is CN(C)C(=O)CN(C)C(=O)C1CCCN(C(=O)C(C)(C)C)C1. The Labute approximate surface area is 133 Å². The highest BCUT2D eigenvalue weighted by molar-refractivity contribution is 5.87. The predicted octanol–water partition coefficient (Wildman–Crippen LogP) is 0.818. The quantitative estimate of drug-likeness (QED) is 0.775. The van der Waals surface area contributed by atoms with Gasteiger partial charge < -0.3 is 14.7 Å². The van der Waals surface area contributed by atoms with Crippen LogP contribution in [0.5, 0.6) is 0 Å². The summed E-state index contributed by atoms with van der Waals surface area (Å²) in [6, 6.07) is 0. The van der Waals surface area contributed by atoms with Crippen molar-refractivity contribution in [3.63, 3.8) is 0 Å². The van der Waals surface area contributed by atoms with Crippen LogP contribution in [0.15, 0.2) is 0 Å². The summed E-state index contributed by atoms with van der Waals surface area (Å²) in [4.78, 5) is 41.3. The maximum atomic E-state index is 12.5. The van der Waals surface area contributed by atoms with Gasteiger partial charge in [0.05, 0.1) is 12.5 Å². The summed E-state index contributed by atoms with van der Waals surface area (Å²) >= 11 is 0. The predicted molar refractivity (Wildman–Crippen MR) is 85.1 cm³/mol. The standard InChI is InChI=1S/C16H29N3O3/c1-16(2,3)15(22)19-9-7-8-12(10-19)14(21)18(6)11-13(20)17(4)5/h12H,7-11H2,1-6H3. The van der Waals surface area contributed by atoms with E-state index in [1.54, 1.807) is 26.0 Å². The van der Waals surface area contributed by atoms with Crippen molar-refractivity contribution >= 4 is 17.7 Å². The van der Waals surface area contributed by atoms with E-state index in [-0.39, 0.29) is 30.2 Å². The lowest BCUT2D eigenvalue weighted by Gasteiger charge is -2.37. The first kappa shape index (κ1) is 18.5. The maximum absolute atomic E-state index is 12.5. The van der Waals surface area contributed by atoms with Gasteiger partial charge in [0.2, 0.25) is 17.7 Å². The van der Waals surface area contributed by atoms with Crippen LogP contribution in [0.2, 0.25) is 0 Å². The highest BCUT2D eigenvalue weighted by Crippen LogP contribution is 2.24. The third-order valence-electron chi connectivity index (χ3n) is 3.95. The van der Waals surface area contributed by atoms with Gasteiger partial charge in [-0.15, -0.1) is 0 Å². The number of carbonyl (C=O) groups excluding carboxylic acids is 3. The van der Waals surface area contributed by atoms with Crippen LogP contribution in [0.3, 0.4) is 0 Å². The van der Waals surface area contributed by atoms with Crippen LogP contribution in [0.25, 0.3) is 0 Å². The van der Waals surface area contributed by atoms with Gasteiger partial charge in [-0.05, 0) is 12.8 Å². The lowest BCUT2D eigenvalue weighted by atomic mass is 9.90. The van der Waals surface area contributed by atoms with Gasteiger partial charge in [0.25, 0.3) is 0 Å². The van der Waals surface area contributed by atoms with Gasteiger partial charge in [-0.3, -0.25) is 14.4 Å². The van der Waals surface area contributed by atoms with E-state index in [0.29, 0.717) is 13.1 Å². The van der Waals surface area contributed by atoms with Crippen LogP contribution >= 0.6 is 0 Å². The zero-order valence-corrected chi connectivity index (χ0v) is 14.7. The highest BCUT2D eigenvalue weighted by Gasteiger charge is 2.34. The van der Waals surface area contributed by atoms with E-state index in [1.165, 1.54) is 9.80 Å². The average Bonchev–Trinajstić information content (AvgIpc) is 2.44. The van der Waals surface area contributed by atoms with E-state index in [9.17, 15) is 14.4 Å². The Morgan fingerprint density at radius 2 is 1.73 bits per heavy atom. The van der Waals surface area contributed by atoms with Crippen LogP contribution in [0.4, 0.5) is 0 Å². The maximum Gasteiger partial charge on any atom is 0.241 e. The molecule has 1 aliphatic heterocycles. The topological polar surface area (TPSA) is 60.9 Å². The molecule has 1 saturated heterocycles. The molecule has 1 aliphatic rings. The fourth-order valence-electron chi connectivity index (χ4n) is 2.57. The molecule has 0 aromatic carbocycles. The van der Waals surface area contributed by atoms with Crippen LogP contribution in [-0.4, -0.2) is 73.2 Å². The van der Waals surface area contributed by atoms with E-state index < -0.39 is 5.41 Å². The molecule has 0 aromatic rings. The van der Waals surface area contributed by atoms with E-state index in [2.05, 4.69) is 0 Å². The number of carbonyl (C=O) groups is 3. The van der Waals surface area contributed by atoms with Crippen molar-refractivity contribution in [1.82, 2.24) is 14.7 Å². The monoisotopic (exact) mass is 311 g/mol. The number of hydrogen-bond acceptors (Lipinski definition) is 3. The van der Waals surface area contributed by atoms with E-state index >= 15 is 0 Å². The lowest BCUT2D eigenvalue weighted by molar-refractivity contribution is -0.146. The summed E-state index contributed by atoms with van der Waals surface area (Å²) in [7, 11) is 4.99. The Kier molecular flexibility index (Phi) is 5.97. The fourth-order valence-corrected chi connectivity index (χ4v) is 2.57. The van der Waals surface area contributed by atoms with Crippen LogP contribution in [0, 0.1) is 11.3 Å². The molecule has 126 valence electrons. The fraction of sp³-hybridized carbons (Fsp3) is 0.812. The third kappa shape index (κ3) is 4.71. The molecule has 1 unspecified atom stereocenters. The van der Waals surface area contributed by atoms with Gasteiger partial charge in [0.15, 0.2) is 0 Å². The molecule has 0 radical (unpaired) electrons. The molecular weight excluding hydrogens is 282 g/mol. The van der Waals surface area contributed by atoms with E-state index in [4.69, 9.17) is 0 Å². The number of hydrogen-bond donors (Lipinski definition) is 0. The van der Waals surface area contributed by atoms with Crippen molar-refractivity contribution in [1.29, 1.82) is 0 Å². The largest absolute Gasteiger partial charge is 0.347 e. The van der Waals surface area contributed by atoms with Gasteiger partial charge in [0, 0.05) is 39.6 Å². The van der Waals surface area contributed by atoms with Crippen LogP contribution in [-0.2, 0) is 14.4 Å². The molecule has 0 aliphatic carbocycles. The Balaban J connectivity index is 2.66. The number of likely N-dealkylation sites (tertiary alicyclic amines) is 1. The summed E-state index contributed by atoms with van der Waals surface area (Å²) in [5, 5.41) is 0. The number of piperidine rings is 1. The van der Waals surface area contributed by atoms with Gasteiger partial charge in [-0.25, -0.2) is 0 Å². The van der Waals surface area contributed by atoms with Crippen molar-refractivity contribution in [2.75, 3.05) is 40.8 Å². The molecule has 0 spiro atoms. The second kappa shape index (κ2) is 7.11. The van der Waals surface area contributed by atoms with Crippen molar-refractivity contribution in [2.45, 2.75) is 33.6 Å².